The maximum absolute atomic E-state index is 13.2. The van der Waals surface area contributed by atoms with Crippen molar-refractivity contribution in [2.24, 2.45) is 0 Å². The molecule has 0 fully saturated rings. The fourth-order valence-corrected chi connectivity index (χ4v) is 2.99. The minimum Gasteiger partial charge on any atom is -0.618 e. The summed E-state index contributed by atoms with van der Waals surface area (Å²) in [5, 5.41) is 23.7. The van der Waals surface area contributed by atoms with Crippen molar-refractivity contribution in [1.29, 1.82) is 0 Å². The van der Waals surface area contributed by atoms with Crippen LogP contribution >= 0.6 is 0 Å². The van der Waals surface area contributed by atoms with E-state index in [0.29, 0.717) is 23.4 Å². The van der Waals surface area contributed by atoms with E-state index in [9.17, 15) is 14.8 Å². The zero-order valence-electron chi connectivity index (χ0n) is 13.0. The highest BCUT2D eigenvalue weighted by molar-refractivity contribution is 6.44. The second kappa shape index (κ2) is 5.50. The molecule has 1 aliphatic rings. The molecule has 0 aliphatic carbocycles. The summed E-state index contributed by atoms with van der Waals surface area (Å²) in [6.07, 6.45) is 0.474. The first-order valence-corrected chi connectivity index (χ1v) is 7.51. The summed E-state index contributed by atoms with van der Waals surface area (Å²) in [5.41, 5.74) is 0.928. The molecule has 1 N–H and O–H groups in total. The van der Waals surface area contributed by atoms with Gasteiger partial charge in [-0.3, -0.25) is 5.21 Å². The van der Waals surface area contributed by atoms with E-state index < -0.39 is 5.66 Å². The van der Waals surface area contributed by atoms with Crippen LogP contribution in [0.15, 0.2) is 54.6 Å². The average molecular weight is 313 g/mol. The summed E-state index contributed by atoms with van der Waals surface area (Å²) in [6, 6.07) is 14.9. The zero-order valence-corrected chi connectivity index (χ0v) is 13.0. The van der Waals surface area contributed by atoms with E-state index in [1.807, 2.05) is 37.3 Å². The quantitative estimate of drug-likeness (QED) is 0.537. The van der Waals surface area contributed by atoms with E-state index >= 15 is 0 Å². The van der Waals surface area contributed by atoms with Gasteiger partial charge in [-0.15, -0.1) is 4.74 Å². The van der Waals surface area contributed by atoms with E-state index in [0.717, 1.165) is 15.0 Å². The fraction of sp³-hybridized carbons (Fsp3) is 0.222. The third kappa shape index (κ3) is 2.20. The lowest BCUT2D eigenvalue weighted by molar-refractivity contribution is -0.930. The van der Waals surface area contributed by atoms with Crippen LogP contribution in [-0.2, 0) is 5.66 Å². The first kappa shape index (κ1) is 15.2. The van der Waals surface area contributed by atoms with Crippen molar-refractivity contribution < 1.29 is 19.1 Å². The molecule has 0 saturated carbocycles. The van der Waals surface area contributed by atoms with Gasteiger partial charge in [-0.1, -0.05) is 25.1 Å². The van der Waals surface area contributed by atoms with Crippen LogP contribution in [0.25, 0.3) is 0 Å². The van der Waals surface area contributed by atoms with Crippen molar-refractivity contribution in [1.82, 2.24) is 0 Å². The van der Waals surface area contributed by atoms with E-state index in [-0.39, 0.29) is 5.82 Å². The second-order valence-electron chi connectivity index (χ2n) is 5.65. The minimum atomic E-state index is -1.33. The van der Waals surface area contributed by atoms with E-state index in [1.54, 1.807) is 6.92 Å². The summed E-state index contributed by atoms with van der Waals surface area (Å²) in [4.78, 5) is 0. The molecular formula is C18H18FN2O2+. The molecule has 4 nitrogen and oxygen atoms in total. The third-order valence-electron chi connectivity index (χ3n) is 4.31. The number of nitrogens with zero attached hydrogens (tertiary/aromatic N) is 2. The average Bonchev–Trinajstić information content (AvgIpc) is 2.77. The lowest BCUT2D eigenvalue weighted by Gasteiger charge is -2.17. The summed E-state index contributed by atoms with van der Waals surface area (Å²) in [6.45, 7) is 3.49. The van der Waals surface area contributed by atoms with Crippen LogP contribution in [0.2, 0.25) is 0 Å². The molecule has 0 aromatic heterocycles. The zero-order chi connectivity index (χ0) is 16.6. The Kier molecular flexibility index (Phi) is 3.64. The Balaban J connectivity index is 2.24. The normalized spacial score (nSPS) is 21.2. The van der Waals surface area contributed by atoms with E-state index in [2.05, 4.69) is 0 Å². The van der Waals surface area contributed by atoms with Crippen molar-refractivity contribution in [3.8, 4) is 0 Å². The van der Waals surface area contributed by atoms with Gasteiger partial charge in [0.25, 0.3) is 5.71 Å². The molecule has 2 aromatic rings. The number of hydrogen-bond acceptors (Lipinski definition) is 2. The maximum atomic E-state index is 13.2. The van der Waals surface area contributed by atoms with Crippen molar-refractivity contribution in [3.63, 3.8) is 0 Å². The van der Waals surface area contributed by atoms with Crippen LogP contribution in [0.5, 0.6) is 0 Å². The molecule has 23 heavy (non-hydrogen) atoms. The van der Waals surface area contributed by atoms with Crippen LogP contribution in [0.1, 0.15) is 31.4 Å². The number of benzene rings is 2. The van der Waals surface area contributed by atoms with Gasteiger partial charge in [-0.2, -0.15) is 0 Å². The molecule has 3 rings (SSSR count). The molecule has 2 aromatic carbocycles. The number of halogens is 1. The van der Waals surface area contributed by atoms with Gasteiger partial charge in [-0.25, -0.2) is 4.39 Å². The molecule has 5 heteroatoms. The van der Waals surface area contributed by atoms with Gasteiger partial charge < -0.3 is 5.21 Å². The first-order chi connectivity index (χ1) is 11.0. The largest absolute Gasteiger partial charge is 0.618 e. The van der Waals surface area contributed by atoms with Gasteiger partial charge >= 0.3 is 11.4 Å². The highest BCUT2D eigenvalue weighted by atomic mass is 19.1. The molecule has 0 radical (unpaired) electrons. The molecule has 1 atom stereocenters. The molecule has 118 valence electrons. The summed E-state index contributed by atoms with van der Waals surface area (Å²) >= 11 is 0. The molecule has 0 unspecified atom stereocenters. The fourth-order valence-electron chi connectivity index (χ4n) is 2.99. The Hall–Kier alpha value is -2.69. The van der Waals surface area contributed by atoms with Gasteiger partial charge in [0.05, 0.1) is 17.2 Å². The topological polar surface area (TPSA) is 49.3 Å². The molecule has 0 bridgehead atoms. The molecular weight excluding hydrogens is 295 g/mol. The summed E-state index contributed by atoms with van der Waals surface area (Å²) < 4.78 is 15.0. The Labute approximate surface area is 134 Å². The van der Waals surface area contributed by atoms with Crippen molar-refractivity contribution in [3.05, 3.63) is 76.7 Å². The molecule has 1 heterocycles. The van der Waals surface area contributed by atoms with Crippen LogP contribution in [0.3, 0.4) is 0 Å². The predicted molar refractivity (Wildman–Crippen MR) is 85.3 cm³/mol. The van der Waals surface area contributed by atoms with Crippen LogP contribution in [0.4, 0.5) is 4.39 Å². The Morgan fingerprint density at radius 3 is 2.26 bits per heavy atom. The lowest BCUT2D eigenvalue weighted by atomic mass is 10.0. The van der Waals surface area contributed by atoms with Gasteiger partial charge in [0.1, 0.15) is 11.4 Å². The molecule has 0 amide bonds. The van der Waals surface area contributed by atoms with Crippen LogP contribution < -0.4 is 0 Å². The van der Waals surface area contributed by atoms with Gasteiger partial charge in [0.2, 0.25) is 0 Å². The summed E-state index contributed by atoms with van der Waals surface area (Å²) in [5.74, 6) is -0.385. The molecule has 0 spiro atoms. The number of hydrogen-bond donors (Lipinski definition) is 1. The van der Waals surface area contributed by atoms with Gasteiger partial charge in [0, 0.05) is 6.42 Å². The minimum absolute atomic E-state index is 0.385. The Bertz CT molecular complexity index is 798. The Morgan fingerprint density at radius 2 is 1.70 bits per heavy atom. The van der Waals surface area contributed by atoms with E-state index in [1.165, 1.54) is 24.3 Å². The van der Waals surface area contributed by atoms with Crippen LogP contribution in [-0.4, -0.2) is 26.1 Å². The smallest absolute Gasteiger partial charge is 0.431 e. The van der Waals surface area contributed by atoms with Crippen LogP contribution in [0, 0.1) is 11.0 Å². The predicted octanol–water partition coefficient (Wildman–Crippen LogP) is 3.26. The summed E-state index contributed by atoms with van der Waals surface area (Å²) in [7, 11) is 0. The van der Waals surface area contributed by atoms with Crippen molar-refractivity contribution >= 4 is 11.4 Å². The van der Waals surface area contributed by atoms with Gasteiger partial charge in [-0.05, 0) is 36.4 Å². The van der Waals surface area contributed by atoms with E-state index in [4.69, 9.17) is 0 Å². The van der Waals surface area contributed by atoms with Crippen molar-refractivity contribution in [2.75, 3.05) is 0 Å². The first-order valence-electron chi connectivity index (χ1n) is 7.51. The number of hydroxylamine groups is 2. The monoisotopic (exact) mass is 313 g/mol. The maximum Gasteiger partial charge on any atom is 0.431 e. The van der Waals surface area contributed by atoms with Crippen molar-refractivity contribution in [2.45, 2.75) is 25.9 Å². The molecule has 1 aliphatic heterocycles. The highest BCUT2D eigenvalue weighted by Crippen LogP contribution is 2.31. The lowest BCUT2D eigenvalue weighted by Crippen LogP contribution is -2.40. The van der Waals surface area contributed by atoms with Gasteiger partial charge in [0.15, 0.2) is 0 Å². The second-order valence-corrected chi connectivity index (χ2v) is 5.65. The third-order valence-corrected chi connectivity index (χ3v) is 4.31. The Morgan fingerprint density at radius 1 is 1.09 bits per heavy atom. The highest BCUT2D eigenvalue weighted by Gasteiger charge is 2.59. The standard InChI is InChI=1S/C18H18FN2O2/c1-3-16-17(13-7-5-4-6-8-13)21(23)18(2,20(16)22)14-9-11-15(19)12-10-14/h4-12,23H,3H2,1-2H3/q+1/t18-/m1/s1. The molecule has 0 saturated heterocycles. The SMILES string of the molecule is CCC1=[N+]([O-])[C@@](C)(c2ccc(F)cc2)[N+](O)=C1c1ccccc1. The number of rotatable bonds is 3.